The van der Waals surface area contributed by atoms with E-state index < -0.39 is 0 Å². The van der Waals surface area contributed by atoms with Gasteiger partial charge in [-0.15, -0.1) is 0 Å². The molecule has 4 aromatic heterocycles. The summed E-state index contributed by atoms with van der Waals surface area (Å²) in [5, 5.41) is 6.77. The van der Waals surface area contributed by atoms with E-state index in [-0.39, 0.29) is 0 Å². The number of benzene rings is 8. The van der Waals surface area contributed by atoms with Crippen LogP contribution in [-0.2, 0) is 0 Å². The van der Waals surface area contributed by atoms with Crippen molar-refractivity contribution < 1.29 is 4.42 Å². The molecule has 12 rings (SSSR count). The highest BCUT2D eigenvalue weighted by Crippen LogP contribution is 2.42. The summed E-state index contributed by atoms with van der Waals surface area (Å²) in [6.07, 6.45) is 0. The summed E-state index contributed by atoms with van der Waals surface area (Å²) in [5.41, 5.74) is 9.50. The van der Waals surface area contributed by atoms with Crippen LogP contribution in [0.25, 0.3) is 111 Å². The van der Waals surface area contributed by atoms with E-state index in [2.05, 4.69) is 137 Å². The maximum atomic E-state index is 6.52. The summed E-state index contributed by atoms with van der Waals surface area (Å²) in [5.74, 6) is 1.69. The number of hydrogen-bond donors (Lipinski definition) is 0. The lowest BCUT2D eigenvalue weighted by Crippen LogP contribution is -2.07. The zero-order valence-corrected chi connectivity index (χ0v) is 30.4. The Kier molecular flexibility index (Phi) is 6.79. The standard InChI is InChI=1S/C50H30N6O/c1-2-13-33(14-3-1)47-52-48(34-25-22-32(23-26-34)36-27-24-31-12-4-5-15-35(31)30-36)54-49(53-47)55-42-19-9-6-16-37(42)39-28-29-40-38-17-7-10-20-43(38)56(46(40)45(39)55)50-51-41-18-8-11-21-44(41)57-50/h1-30H. The average molecular weight is 731 g/mol. The maximum absolute atomic E-state index is 6.52. The lowest BCUT2D eigenvalue weighted by Gasteiger charge is -2.12. The molecule has 4 heterocycles. The Morgan fingerprint density at radius 3 is 1.67 bits per heavy atom. The molecular weight excluding hydrogens is 701 g/mol. The minimum Gasteiger partial charge on any atom is -0.423 e. The Hall–Kier alpha value is -7.90. The lowest BCUT2D eigenvalue weighted by atomic mass is 10.0. The van der Waals surface area contributed by atoms with Gasteiger partial charge in [0.1, 0.15) is 5.52 Å². The molecule has 0 bridgehead atoms. The van der Waals surface area contributed by atoms with Crippen LogP contribution in [0.15, 0.2) is 186 Å². The number of nitrogens with zero attached hydrogens (tertiary/aromatic N) is 6. The van der Waals surface area contributed by atoms with Gasteiger partial charge in [0.05, 0.1) is 22.1 Å². The number of oxazole rings is 1. The first kappa shape index (κ1) is 31.5. The Morgan fingerprint density at radius 2 is 0.930 bits per heavy atom. The molecule has 0 fully saturated rings. The van der Waals surface area contributed by atoms with E-state index in [9.17, 15) is 0 Å². The van der Waals surface area contributed by atoms with Crippen molar-refractivity contribution >= 4 is 65.5 Å². The molecule has 0 unspecified atom stereocenters. The van der Waals surface area contributed by atoms with E-state index in [0.717, 1.165) is 77.0 Å². The fourth-order valence-electron chi connectivity index (χ4n) is 8.35. The minimum atomic E-state index is 0.500. The van der Waals surface area contributed by atoms with Crippen molar-refractivity contribution in [2.24, 2.45) is 0 Å². The zero-order valence-electron chi connectivity index (χ0n) is 30.4. The molecule has 0 N–H and O–H groups in total. The minimum absolute atomic E-state index is 0.500. The molecule has 0 saturated heterocycles. The first-order valence-corrected chi connectivity index (χ1v) is 19.0. The van der Waals surface area contributed by atoms with Crippen LogP contribution < -0.4 is 0 Å². The van der Waals surface area contributed by atoms with E-state index in [4.69, 9.17) is 24.4 Å². The van der Waals surface area contributed by atoms with Gasteiger partial charge in [0.25, 0.3) is 0 Å². The quantitative estimate of drug-likeness (QED) is 0.176. The first-order valence-electron chi connectivity index (χ1n) is 19.0. The second-order valence-electron chi connectivity index (χ2n) is 14.3. The molecule has 0 aliphatic rings. The maximum Gasteiger partial charge on any atom is 0.307 e. The van der Waals surface area contributed by atoms with Gasteiger partial charge in [0.15, 0.2) is 17.2 Å². The van der Waals surface area contributed by atoms with Crippen molar-refractivity contribution in [1.29, 1.82) is 0 Å². The Balaban J connectivity index is 1.13. The van der Waals surface area contributed by atoms with Crippen molar-refractivity contribution in [3.05, 3.63) is 182 Å². The van der Waals surface area contributed by atoms with Crippen molar-refractivity contribution in [3.8, 4) is 45.9 Å². The van der Waals surface area contributed by atoms with Gasteiger partial charge in [0.2, 0.25) is 5.95 Å². The summed E-state index contributed by atoms with van der Waals surface area (Å²) in [6.45, 7) is 0. The Morgan fingerprint density at radius 1 is 0.368 bits per heavy atom. The fourth-order valence-corrected chi connectivity index (χ4v) is 8.35. The normalized spacial score (nSPS) is 11.9. The van der Waals surface area contributed by atoms with Gasteiger partial charge in [-0.3, -0.25) is 9.13 Å². The van der Waals surface area contributed by atoms with E-state index in [0.29, 0.717) is 23.6 Å². The van der Waals surface area contributed by atoms with E-state index in [1.54, 1.807) is 0 Å². The van der Waals surface area contributed by atoms with Crippen LogP contribution in [0, 0.1) is 0 Å². The van der Waals surface area contributed by atoms with Crippen molar-refractivity contribution in [3.63, 3.8) is 0 Å². The third-order valence-corrected chi connectivity index (χ3v) is 11.0. The van der Waals surface area contributed by atoms with Crippen LogP contribution in [0.2, 0.25) is 0 Å². The number of aromatic nitrogens is 6. The van der Waals surface area contributed by atoms with Crippen LogP contribution in [0.4, 0.5) is 0 Å². The van der Waals surface area contributed by atoms with Crippen LogP contribution >= 0.6 is 0 Å². The molecule has 7 nitrogen and oxygen atoms in total. The zero-order chi connectivity index (χ0) is 37.5. The summed E-state index contributed by atoms with van der Waals surface area (Å²) >= 11 is 0. The van der Waals surface area contributed by atoms with Crippen LogP contribution in [0.1, 0.15) is 0 Å². The number of hydrogen-bond acceptors (Lipinski definition) is 5. The molecule has 7 heteroatoms. The van der Waals surface area contributed by atoms with E-state index in [1.165, 1.54) is 10.8 Å². The van der Waals surface area contributed by atoms with E-state index in [1.807, 2.05) is 54.6 Å². The second kappa shape index (κ2) is 12.3. The Labute approximate surface area is 325 Å². The highest BCUT2D eigenvalue weighted by Gasteiger charge is 2.25. The second-order valence-corrected chi connectivity index (χ2v) is 14.3. The predicted octanol–water partition coefficient (Wildman–Crippen LogP) is 12.4. The third kappa shape index (κ3) is 4.92. The molecule has 0 spiro atoms. The van der Waals surface area contributed by atoms with Crippen molar-refractivity contribution in [1.82, 2.24) is 29.1 Å². The fraction of sp³-hybridized carbons (Fsp3) is 0. The summed E-state index contributed by atoms with van der Waals surface area (Å²) < 4.78 is 10.8. The van der Waals surface area contributed by atoms with Gasteiger partial charge in [-0.1, -0.05) is 152 Å². The van der Waals surface area contributed by atoms with Crippen LogP contribution in [-0.4, -0.2) is 29.1 Å². The molecule has 0 saturated carbocycles. The number of rotatable bonds is 5. The van der Waals surface area contributed by atoms with Gasteiger partial charge in [-0.2, -0.15) is 15.0 Å². The van der Waals surface area contributed by atoms with Gasteiger partial charge >= 0.3 is 6.01 Å². The summed E-state index contributed by atoms with van der Waals surface area (Å²) in [7, 11) is 0. The van der Waals surface area contributed by atoms with Gasteiger partial charge in [-0.25, -0.2) is 4.98 Å². The number of fused-ring (bicyclic) bond motifs is 9. The largest absolute Gasteiger partial charge is 0.423 e. The molecular formula is C50H30N6O. The monoisotopic (exact) mass is 730 g/mol. The highest BCUT2D eigenvalue weighted by molar-refractivity contribution is 6.23. The molecule has 0 aliphatic heterocycles. The van der Waals surface area contributed by atoms with Gasteiger partial charge in [-0.05, 0) is 52.2 Å². The molecule has 8 aromatic carbocycles. The molecule has 0 atom stereocenters. The molecule has 57 heavy (non-hydrogen) atoms. The summed E-state index contributed by atoms with van der Waals surface area (Å²) in [6, 6.07) is 63.3. The smallest absolute Gasteiger partial charge is 0.307 e. The number of para-hydroxylation sites is 4. The van der Waals surface area contributed by atoms with Gasteiger partial charge in [0, 0.05) is 32.7 Å². The van der Waals surface area contributed by atoms with Crippen molar-refractivity contribution in [2.75, 3.05) is 0 Å². The molecule has 0 radical (unpaired) electrons. The third-order valence-electron chi connectivity index (χ3n) is 11.0. The first-order chi connectivity index (χ1) is 28.2. The van der Waals surface area contributed by atoms with Crippen LogP contribution in [0.3, 0.4) is 0 Å². The van der Waals surface area contributed by atoms with Crippen LogP contribution in [0.5, 0.6) is 0 Å². The molecule has 0 aliphatic carbocycles. The topological polar surface area (TPSA) is 74.6 Å². The average Bonchev–Trinajstić information content (AvgIpc) is 3.96. The highest BCUT2D eigenvalue weighted by atomic mass is 16.4. The molecule has 12 aromatic rings. The molecule has 0 amide bonds. The summed E-state index contributed by atoms with van der Waals surface area (Å²) in [4.78, 5) is 20.7. The Bertz CT molecular complexity index is 3490. The molecule has 266 valence electrons. The predicted molar refractivity (Wildman–Crippen MR) is 230 cm³/mol. The van der Waals surface area contributed by atoms with E-state index >= 15 is 0 Å². The van der Waals surface area contributed by atoms with Crippen molar-refractivity contribution in [2.45, 2.75) is 0 Å². The lowest BCUT2D eigenvalue weighted by molar-refractivity contribution is 0.574. The SMILES string of the molecule is c1ccc(-c2nc(-c3ccc(-c4ccc5ccccc5c4)cc3)nc(-n3c4ccccc4c4ccc5c6ccccc6n(-c6nc7ccccc7o6)c5c43)n2)cc1. The van der Waals surface area contributed by atoms with Gasteiger partial charge < -0.3 is 4.42 Å².